The van der Waals surface area contributed by atoms with E-state index in [-0.39, 0.29) is 11.8 Å². The summed E-state index contributed by atoms with van der Waals surface area (Å²) < 4.78 is 10.7. The maximum Gasteiger partial charge on any atom is 0.260 e. The zero-order valence-corrected chi connectivity index (χ0v) is 20.0. The third-order valence-corrected chi connectivity index (χ3v) is 7.17. The van der Waals surface area contributed by atoms with E-state index in [4.69, 9.17) is 9.47 Å². The van der Waals surface area contributed by atoms with Crippen LogP contribution in [0.25, 0.3) is 10.4 Å². The van der Waals surface area contributed by atoms with Crippen molar-refractivity contribution in [1.29, 1.82) is 0 Å². The van der Waals surface area contributed by atoms with Crippen molar-refractivity contribution >= 4 is 28.2 Å². The molecule has 1 aliphatic heterocycles. The number of nitrogens with one attached hydrogen (secondary N) is 1. The SMILES string of the molecule is COc1ccc(OC)c(C(=O)Nc2sc(-c3ccccc3)c(C)c2C(=O)N2CCCCC2)c1. The fourth-order valence-electron chi connectivity index (χ4n) is 4.14. The van der Waals surface area contributed by atoms with Crippen LogP contribution in [0, 0.1) is 6.92 Å². The Kier molecular flexibility index (Phi) is 6.99. The van der Waals surface area contributed by atoms with Crippen LogP contribution in [-0.2, 0) is 0 Å². The fourth-order valence-corrected chi connectivity index (χ4v) is 5.34. The number of nitrogens with zero attached hydrogens (tertiary/aromatic N) is 1. The predicted octanol–water partition coefficient (Wildman–Crippen LogP) is 5.62. The Balaban J connectivity index is 1.75. The number of rotatable bonds is 6. The molecule has 3 aromatic rings. The van der Waals surface area contributed by atoms with Gasteiger partial charge in [0.2, 0.25) is 0 Å². The van der Waals surface area contributed by atoms with E-state index in [2.05, 4.69) is 5.32 Å². The van der Waals surface area contributed by atoms with E-state index in [9.17, 15) is 9.59 Å². The molecule has 33 heavy (non-hydrogen) atoms. The Bertz CT molecular complexity index is 1150. The van der Waals surface area contributed by atoms with Crippen molar-refractivity contribution in [3.05, 3.63) is 65.2 Å². The molecule has 0 bridgehead atoms. The van der Waals surface area contributed by atoms with Crippen LogP contribution >= 0.6 is 11.3 Å². The van der Waals surface area contributed by atoms with Crippen molar-refractivity contribution in [2.75, 3.05) is 32.6 Å². The lowest BCUT2D eigenvalue weighted by Gasteiger charge is -2.27. The van der Waals surface area contributed by atoms with Gasteiger partial charge in [-0.1, -0.05) is 30.3 Å². The molecule has 1 fully saturated rings. The Morgan fingerprint density at radius 2 is 1.70 bits per heavy atom. The number of amides is 2. The zero-order valence-electron chi connectivity index (χ0n) is 19.1. The third kappa shape index (κ3) is 4.73. The van der Waals surface area contributed by atoms with Gasteiger partial charge in [-0.05, 0) is 55.5 Å². The van der Waals surface area contributed by atoms with Gasteiger partial charge in [0.25, 0.3) is 11.8 Å². The van der Waals surface area contributed by atoms with Crippen LogP contribution in [0.3, 0.4) is 0 Å². The van der Waals surface area contributed by atoms with Crippen LogP contribution in [0.5, 0.6) is 11.5 Å². The Labute approximate surface area is 198 Å². The lowest BCUT2D eigenvalue weighted by Crippen LogP contribution is -2.36. The number of carbonyl (C=O) groups is 2. The minimum absolute atomic E-state index is 0.0291. The summed E-state index contributed by atoms with van der Waals surface area (Å²) >= 11 is 1.43. The van der Waals surface area contributed by atoms with E-state index in [1.807, 2.05) is 42.2 Å². The Morgan fingerprint density at radius 1 is 0.970 bits per heavy atom. The van der Waals surface area contributed by atoms with Gasteiger partial charge in [-0.25, -0.2) is 0 Å². The second-order valence-electron chi connectivity index (χ2n) is 8.00. The molecule has 1 N–H and O–H groups in total. The van der Waals surface area contributed by atoms with Gasteiger partial charge in [-0.3, -0.25) is 9.59 Å². The number of benzene rings is 2. The monoisotopic (exact) mass is 464 g/mol. The summed E-state index contributed by atoms with van der Waals surface area (Å²) in [6, 6.07) is 15.0. The first kappa shape index (κ1) is 22.9. The number of hydrogen-bond acceptors (Lipinski definition) is 5. The number of methoxy groups -OCH3 is 2. The van der Waals surface area contributed by atoms with E-state index in [1.165, 1.54) is 18.4 Å². The summed E-state index contributed by atoms with van der Waals surface area (Å²) in [4.78, 5) is 29.7. The summed E-state index contributed by atoms with van der Waals surface area (Å²) in [6.45, 7) is 3.44. The van der Waals surface area contributed by atoms with Crippen LogP contribution in [0.2, 0.25) is 0 Å². The Hall–Kier alpha value is -3.32. The van der Waals surface area contributed by atoms with E-state index in [0.29, 0.717) is 27.6 Å². The van der Waals surface area contributed by atoms with E-state index < -0.39 is 0 Å². The second-order valence-corrected chi connectivity index (χ2v) is 9.02. The highest BCUT2D eigenvalue weighted by Crippen LogP contribution is 2.41. The molecule has 6 nitrogen and oxygen atoms in total. The van der Waals surface area contributed by atoms with Gasteiger partial charge in [0, 0.05) is 18.0 Å². The number of carbonyl (C=O) groups excluding carboxylic acids is 2. The van der Waals surface area contributed by atoms with Crippen LogP contribution in [0.15, 0.2) is 48.5 Å². The van der Waals surface area contributed by atoms with Crippen LogP contribution in [-0.4, -0.2) is 44.0 Å². The number of ether oxygens (including phenoxy) is 2. The number of likely N-dealkylation sites (tertiary alicyclic amines) is 1. The molecule has 7 heteroatoms. The molecule has 0 saturated carbocycles. The highest BCUT2D eigenvalue weighted by molar-refractivity contribution is 7.20. The largest absolute Gasteiger partial charge is 0.497 e. The topological polar surface area (TPSA) is 67.9 Å². The molecule has 0 spiro atoms. The molecule has 0 atom stereocenters. The van der Waals surface area contributed by atoms with Gasteiger partial charge in [0.15, 0.2) is 0 Å². The number of thiophene rings is 1. The fraction of sp³-hybridized carbons (Fsp3) is 0.308. The van der Waals surface area contributed by atoms with Gasteiger partial charge in [-0.15, -0.1) is 11.3 Å². The average Bonchev–Trinajstić information content (AvgIpc) is 3.19. The summed E-state index contributed by atoms with van der Waals surface area (Å²) in [5.41, 5.74) is 2.82. The predicted molar refractivity (Wildman–Crippen MR) is 132 cm³/mol. The number of anilines is 1. The standard InChI is InChI=1S/C26H28N2O4S/c1-17-22(26(30)28-14-8-5-9-15-28)25(33-23(17)18-10-6-4-7-11-18)27-24(29)20-16-19(31-2)12-13-21(20)32-3/h4,6-7,10-13,16H,5,8-9,14-15H2,1-3H3,(H,27,29). The van der Waals surface area contributed by atoms with E-state index >= 15 is 0 Å². The third-order valence-electron chi connectivity index (χ3n) is 5.92. The molecule has 172 valence electrons. The Morgan fingerprint density at radius 3 is 2.36 bits per heavy atom. The molecular weight excluding hydrogens is 436 g/mol. The van der Waals surface area contributed by atoms with Gasteiger partial charge in [-0.2, -0.15) is 0 Å². The first-order valence-electron chi connectivity index (χ1n) is 11.0. The van der Waals surface area contributed by atoms with Crippen LogP contribution in [0.4, 0.5) is 5.00 Å². The van der Waals surface area contributed by atoms with Crippen molar-refractivity contribution in [1.82, 2.24) is 4.90 Å². The maximum atomic E-state index is 13.6. The summed E-state index contributed by atoms with van der Waals surface area (Å²) in [5.74, 6) is 0.615. The number of hydrogen-bond donors (Lipinski definition) is 1. The molecule has 0 aliphatic carbocycles. The molecular formula is C26H28N2O4S. The summed E-state index contributed by atoms with van der Waals surface area (Å²) in [7, 11) is 3.07. The summed E-state index contributed by atoms with van der Waals surface area (Å²) in [6.07, 6.45) is 3.15. The van der Waals surface area contributed by atoms with Crippen LogP contribution < -0.4 is 14.8 Å². The normalized spacial score (nSPS) is 13.5. The molecule has 2 heterocycles. The summed E-state index contributed by atoms with van der Waals surface area (Å²) in [5, 5.41) is 3.55. The van der Waals surface area contributed by atoms with Gasteiger partial charge >= 0.3 is 0 Å². The lowest BCUT2D eigenvalue weighted by atomic mass is 10.0. The van der Waals surface area contributed by atoms with Crippen molar-refractivity contribution in [3.63, 3.8) is 0 Å². The van der Waals surface area contributed by atoms with Gasteiger partial charge in [0.1, 0.15) is 16.5 Å². The van der Waals surface area contributed by atoms with Crippen molar-refractivity contribution in [2.24, 2.45) is 0 Å². The molecule has 0 unspecified atom stereocenters. The van der Waals surface area contributed by atoms with Gasteiger partial charge in [0.05, 0.1) is 25.3 Å². The molecule has 1 saturated heterocycles. The highest BCUT2D eigenvalue weighted by Gasteiger charge is 2.28. The first-order valence-corrected chi connectivity index (χ1v) is 11.9. The molecule has 0 radical (unpaired) electrons. The molecule has 1 aromatic heterocycles. The zero-order chi connectivity index (χ0) is 23.4. The average molecular weight is 465 g/mol. The van der Waals surface area contributed by atoms with Crippen LogP contribution in [0.1, 0.15) is 45.5 Å². The van der Waals surface area contributed by atoms with Crippen molar-refractivity contribution in [2.45, 2.75) is 26.2 Å². The van der Waals surface area contributed by atoms with Crippen molar-refractivity contribution in [3.8, 4) is 21.9 Å². The molecule has 2 aromatic carbocycles. The van der Waals surface area contributed by atoms with E-state index in [0.717, 1.165) is 48.4 Å². The smallest absolute Gasteiger partial charge is 0.260 e. The molecule has 1 aliphatic rings. The minimum atomic E-state index is -0.348. The molecule has 4 rings (SSSR count). The highest BCUT2D eigenvalue weighted by atomic mass is 32.1. The van der Waals surface area contributed by atoms with Gasteiger partial charge < -0.3 is 19.7 Å². The molecule has 2 amide bonds. The second kappa shape index (κ2) is 10.1. The lowest BCUT2D eigenvalue weighted by molar-refractivity contribution is 0.0725. The number of piperidine rings is 1. The quantitative estimate of drug-likeness (QED) is 0.514. The first-order chi connectivity index (χ1) is 16.0. The minimum Gasteiger partial charge on any atom is -0.497 e. The van der Waals surface area contributed by atoms with E-state index in [1.54, 1.807) is 25.3 Å². The maximum absolute atomic E-state index is 13.6. The van der Waals surface area contributed by atoms with Crippen molar-refractivity contribution < 1.29 is 19.1 Å².